The molecule has 0 unspecified atom stereocenters. The number of nitrogens with zero attached hydrogens (tertiary/aromatic N) is 2. The van der Waals surface area contributed by atoms with Gasteiger partial charge in [-0.2, -0.15) is 0 Å². The first-order valence-electron chi connectivity index (χ1n) is 10.4. The molecule has 0 heterocycles. The van der Waals surface area contributed by atoms with E-state index in [1.54, 1.807) is 44.4 Å². The predicted molar refractivity (Wildman–Crippen MR) is 129 cm³/mol. The maximum Gasteiger partial charge on any atom is 0.244 e. The van der Waals surface area contributed by atoms with Crippen LogP contribution in [0.2, 0.25) is 0 Å². The summed E-state index contributed by atoms with van der Waals surface area (Å²) in [5, 5.41) is 2.53. The number of carbonyl (C=O) groups excluding carboxylic acids is 2. The molecule has 2 aromatic rings. The number of methoxy groups -OCH3 is 3. The number of nitrogens with one attached hydrogen (secondary N) is 1. The van der Waals surface area contributed by atoms with Gasteiger partial charge in [-0.15, -0.1) is 0 Å². The van der Waals surface area contributed by atoms with Gasteiger partial charge in [-0.1, -0.05) is 12.1 Å². The maximum atomic E-state index is 13.4. The number of hydrogen-bond donors (Lipinski definition) is 1. The van der Waals surface area contributed by atoms with Crippen molar-refractivity contribution in [2.24, 2.45) is 0 Å². The lowest BCUT2D eigenvalue weighted by molar-refractivity contribution is -0.139. The van der Waals surface area contributed by atoms with E-state index in [-0.39, 0.29) is 23.9 Å². The van der Waals surface area contributed by atoms with E-state index < -0.39 is 28.5 Å². The fourth-order valence-corrected chi connectivity index (χ4v) is 4.16. The zero-order valence-electron chi connectivity index (χ0n) is 20.2. The lowest BCUT2D eigenvalue weighted by Gasteiger charge is -2.31. The first-order chi connectivity index (χ1) is 16.0. The summed E-state index contributed by atoms with van der Waals surface area (Å²) in [6.45, 7) is 1.15. The van der Waals surface area contributed by atoms with Crippen molar-refractivity contribution in [2.75, 3.05) is 45.5 Å². The number of rotatable bonds is 11. The molecule has 0 aromatic heterocycles. The second kappa shape index (κ2) is 11.6. The van der Waals surface area contributed by atoms with Crippen molar-refractivity contribution in [1.82, 2.24) is 10.2 Å². The molecule has 34 heavy (non-hydrogen) atoms. The van der Waals surface area contributed by atoms with E-state index in [1.807, 2.05) is 0 Å². The molecular weight excluding hydrogens is 462 g/mol. The number of benzene rings is 2. The molecule has 2 aromatic carbocycles. The van der Waals surface area contributed by atoms with Crippen LogP contribution in [-0.4, -0.2) is 72.4 Å². The average molecular weight is 494 g/mol. The van der Waals surface area contributed by atoms with Crippen LogP contribution < -0.4 is 23.8 Å². The Bertz CT molecular complexity index is 1100. The van der Waals surface area contributed by atoms with Gasteiger partial charge in [-0.25, -0.2) is 8.42 Å². The number of sulfonamides is 1. The zero-order chi connectivity index (χ0) is 25.5. The number of ether oxygens (including phenoxy) is 3. The van der Waals surface area contributed by atoms with Gasteiger partial charge in [0.1, 0.15) is 29.8 Å². The van der Waals surface area contributed by atoms with Crippen LogP contribution in [0.1, 0.15) is 12.5 Å². The van der Waals surface area contributed by atoms with Gasteiger partial charge in [0.25, 0.3) is 0 Å². The van der Waals surface area contributed by atoms with Gasteiger partial charge in [-0.3, -0.25) is 13.9 Å². The molecule has 0 bridgehead atoms. The van der Waals surface area contributed by atoms with Crippen LogP contribution in [0.15, 0.2) is 42.5 Å². The molecule has 0 spiro atoms. The molecule has 0 aliphatic heterocycles. The van der Waals surface area contributed by atoms with Crippen molar-refractivity contribution in [3.05, 3.63) is 48.0 Å². The molecule has 1 atom stereocenters. The number of amides is 2. The Balaban J connectivity index is 2.43. The smallest absolute Gasteiger partial charge is 0.244 e. The van der Waals surface area contributed by atoms with E-state index in [2.05, 4.69) is 5.32 Å². The summed E-state index contributed by atoms with van der Waals surface area (Å²) in [7, 11) is 2.00. The first-order valence-corrected chi connectivity index (χ1v) is 12.2. The van der Waals surface area contributed by atoms with Gasteiger partial charge in [0.05, 0.1) is 33.3 Å². The van der Waals surface area contributed by atoms with E-state index in [4.69, 9.17) is 14.2 Å². The van der Waals surface area contributed by atoms with Gasteiger partial charge in [0, 0.05) is 19.7 Å². The summed E-state index contributed by atoms with van der Waals surface area (Å²) in [4.78, 5) is 27.1. The third kappa shape index (κ3) is 6.53. The molecule has 0 fully saturated rings. The van der Waals surface area contributed by atoms with E-state index in [1.165, 1.54) is 38.3 Å². The fourth-order valence-electron chi connectivity index (χ4n) is 3.30. The molecule has 11 heteroatoms. The minimum absolute atomic E-state index is 0.0920. The molecule has 2 amide bonds. The number of likely N-dealkylation sites (N-methyl/N-ethyl adjacent to an activating group) is 1. The van der Waals surface area contributed by atoms with Crippen molar-refractivity contribution in [3.8, 4) is 17.2 Å². The van der Waals surface area contributed by atoms with Gasteiger partial charge < -0.3 is 24.4 Å². The van der Waals surface area contributed by atoms with E-state index >= 15 is 0 Å². The largest absolute Gasteiger partial charge is 0.497 e. The summed E-state index contributed by atoms with van der Waals surface area (Å²) in [5.41, 5.74) is 0.925. The molecule has 10 nitrogen and oxygen atoms in total. The molecule has 1 N–H and O–H groups in total. The molecule has 0 aliphatic carbocycles. The monoisotopic (exact) mass is 493 g/mol. The molecule has 0 radical (unpaired) electrons. The van der Waals surface area contributed by atoms with Crippen LogP contribution in [0, 0.1) is 0 Å². The third-order valence-corrected chi connectivity index (χ3v) is 6.39. The molecule has 0 aliphatic rings. The Morgan fingerprint density at radius 2 is 1.56 bits per heavy atom. The van der Waals surface area contributed by atoms with Crippen LogP contribution in [0.5, 0.6) is 17.2 Å². The number of carbonyl (C=O) groups is 2. The minimum atomic E-state index is -3.88. The number of hydrogen-bond acceptors (Lipinski definition) is 7. The van der Waals surface area contributed by atoms with E-state index in [9.17, 15) is 18.0 Å². The summed E-state index contributed by atoms with van der Waals surface area (Å²) in [6, 6.07) is 10.8. The van der Waals surface area contributed by atoms with Gasteiger partial charge in [-0.05, 0) is 36.8 Å². The Morgan fingerprint density at radius 1 is 0.971 bits per heavy atom. The molecule has 2 rings (SSSR count). The van der Waals surface area contributed by atoms with Crippen LogP contribution in [0.3, 0.4) is 0 Å². The van der Waals surface area contributed by atoms with Gasteiger partial charge in [0.2, 0.25) is 21.8 Å². The SMILES string of the molecule is CNC(=O)[C@H](C)N(Cc1ccc(OC)cc1)C(=O)CN(c1ccc(OC)cc1OC)S(C)(=O)=O. The number of anilines is 1. The van der Waals surface area contributed by atoms with Crippen LogP contribution in [0.25, 0.3) is 0 Å². The Morgan fingerprint density at radius 3 is 2.06 bits per heavy atom. The first kappa shape index (κ1) is 26.8. The second-order valence-electron chi connectivity index (χ2n) is 7.47. The molecule has 0 saturated carbocycles. The minimum Gasteiger partial charge on any atom is -0.497 e. The van der Waals surface area contributed by atoms with Crippen molar-refractivity contribution in [2.45, 2.75) is 19.5 Å². The van der Waals surface area contributed by atoms with Crippen molar-refractivity contribution < 1.29 is 32.2 Å². The van der Waals surface area contributed by atoms with E-state index in [0.29, 0.717) is 11.5 Å². The normalized spacial score (nSPS) is 11.8. The van der Waals surface area contributed by atoms with Crippen molar-refractivity contribution >= 4 is 27.5 Å². The van der Waals surface area contributed by atoms with E-state index in [0.717, 1.165) is 16.1 Å². The standard InChI is InChI=1S/C23H31N3O7S/c1-16(23(28)24-2)25(14-17-7-9-18(31-3)10-8-17)22(27)15-26(34(6,29)30)20-12-11-19(32-4)13-21(20)33-5/h7-13,16H,14-15H2,1-6H3,(H,24,28)/t16-/m0/s1. The third-order valence-electron chi connectivity index (χ3n) is 5.26. The Labute approximate surface area is 200 Å². The highest BCUT2D eigenvalue weighted by Crippen LogP contribution is 2.33. The molecule has 186 valence electrons. The van der Waals surface area contributed by atoms with Crippen molar-refractivity contribution in [1.29, 1.82) is 0 Å². The molecular formula is C23H31N3O7S. The van der Waals surface area contributed by atoms with Crippen LogP contribution in [-0.2, 0) is 26.2 Å². The van der Waals surface area contributed by atoms with Gasteiger partial charge in [0.15, 0.2) is 0 Å². The topological polar surface area (TPSA) is 114 Å². The highest BCUT2D eigenvalue weighted by Gasteiger charge is 2.31. The highest BCUT2D eigenvalue weighted by molar-refractivity contribution is 7.92. The Kier molecular flexibility index (Phi) is 9.13. The summed E-state index contributed by atoms with van der Waals surface area (Å²) >= 11 is 0. The Hall–Kier alpha value is -3.47. The molecule has 0 saturated heterocycles. The van der Waals surface area contributed by atoms with Gasteiger partial charge >= 0.3 is 0 Å². The highest BCUT2D eigenvalue weighted by atomic mass is 32.2. The lowest BCUT2D eigenvalue weighted by atomic mass is 10.1. The fraction of sp³-hybridized carbons (Fsp3) is 0.391. The maximum absolute atomic E-state index is 13.4. The average Bonchev–Trinajstić information content (AvgIpc) is 2.84. The summed E-state index contributed by atoms with van der Waals surface area (Å²) in [5.74, 6) is 0.397. The second-order valence-corrected chi connectivity index (χ2v) is 9.37. The lowest BCUT2D eigenvalue weighted by Crippen LogP contribution is -2.50. The zero-order valence-corrected chi connectivity index (χ0v) is 21.0. The van der Waals surface area contributed by atoms with Crippen LogP contribution in [0.4, 0.5) is 5.69 Å². The summed E-state index contributed by atoms with van der Waals surface area (Å²) in [6.07, 6.45) is 1.000. The quantitative estimate of drug-likeness (QED) is 0.506. The van der Waals surface area contributed by atoms with Crippen LogP contribution >= 0.6 is 0 Å². The van der Waals surface area contributed by atoms with Crippen molar-refractivity contribution in [3.63, 3.8) is 0 Å². The predicted octanol–water partition coefficient (Wildman–Crippen LogP) is 1.64. The summed E-state index contributed by atoms with van der Waals surface area (Å²) < 4.78 is 42.0.